The average molecular weight is 316 g/mol. The summed E-state index contributed by atoms with van der Waals surface area (Å²) in [5.41, 5.74) is -0.321. The summed E-state index contributed by atoms with van der Waals surface area (Å²) in [7, 11) is 0. The molecule has 2 nitrogen and oxygen atoms in total. The standard InChI is InChI=1S/C16H20F4N2/c17-14-2-1-12(9-13(14)16(18,19)20)10-22-8-5-15(11-22)3-6-21-7-4-15/h1-2,9,21H,3-8,10-11H2. The SMILES string of the molecule is Fc1ccc(CN2CCC3(CCNCC3)C2)cc1C(F)(F)F. The summed E-state index contributed by atoms with van der Waals surface area (Å²) in [5, 5.41) is 3.35. The number of hydrogen-bond acceptors (Lipinski definition) is 2. The quantitative estimate of drug-likeness (QED) is 0.841. The van der Waals surface area contributed by atoms with E-state index in [0.29, 0.717) is 17.5 Å². The van der Waals surface area contributed by atoms with Gasteiger partial charge < -0.3 is 5.32 Å². The zero-order valence-electron chi connectivity index (χ0n) is 12.3. The van der Waals surface area contributed by atoms with Crippen LogP contribution in [0.15, 0.2) is 18.2 Å². The van der Waals surface area contributed by atoms with Gasteiger partial charge >= 0.3 is 6.18 Å². The molecule has 22 heavy (non-hydrogen) atoms. The fourth-order valence-electron chi connectivity index (χ4n) is 3.67. The van der Waals surface area contributed by atoms with Gasteiger partial charge in [0.25, 0.3) is 0 Å². The Morgan fingerprint density at radius 1 is 1.14 bits per heavy atom. The third-order valence-electron chi connectivity index (χ3n) is 4.92. The van der Waals surface area contributed by atoms with Gasteiger partial charge in [-0.05, 0) is 62.0 Å². The van der Waals surface area contributed by atoms with Crippen molar-refractivity contribution in [2.75, 3.05) is 26.2 Å². The topological polar surface area (TPSA) is 15.3 Å². The Kier molecular flexibility index (Phi) is 4.16. The molecule has 2 aliphatic heterocycles. The molecule has 1 aromatic carbocycles. The maximum Gasteiger partial charge on any atom is 0.419 e. The van der Waals surface area contributed by atoms with E-state index < -0.39 is 17.6 Å². The summed E-state index contributed by atoms with van der Waals surface area (Å²) in [6.07, 6.45) is -1.29. The lowest BCUT2D eigenvalue weighted by Gasteiger charge is -2.34. The van der Waals surface area contributed by atoms with Crippen molar-refractivity contribution in [2.45, 2.75) is 32.0 Å². The lowest BCUT2D eigenvalue weighted by atomic mass is 9.78. The Bertz CT molecular complexity index is 535. The number of halogens is 4. The molecular weight excluding hydrogens is 296 g/mol. The minimum atomic E-state index is -4.64. The smallest absolute Gasteiger partial charge is 0.317 e. The van der Waals surface area contributed by atoms with Gasteiger partial charge in [-0.25, -0.2) is 4.39 Å². The van der Waals surface area contributed by atoms with Gasteiger partial charge in [0.1, 0.15) is 5.82 Å². The molecule has 0 atom stereocenters. The first kappa shape index (κ1) is 15.7. The van der Waals surface area contributed by atoms with E-state index in [1.165, 1.54) is 6.07 Å². The van der Waals surface area contributed by atoms with E-state index in [2.05, 4.69) is 10.2 Å². The molecule has 0 saturated carbocycles. The fraction of sp³-hybridized carbons (Fsp3) is 0.625. The van der Waals surface area contributed by atoms with Crippen molar-refractivity contribution in [3.63, 3.8) is 0 Å². The Labute approximate surface area is 127 Å². The van der Waals surface area contributed by atoms with Crippen LogP contribution in [0.25, 0.3) is 0 Å². The van der Waals surface area contributed by atoms with Crippen LogP contribution in [0.5, 0.6) is 0 Å². The molecule has 2 heterocycles. The predicted octanol–water partition coefficient (Wildman–Crippen LogP) is 3.42. The molecule has 2 saturated heterocycles. The highest BCUT2D eigenvalue weighted by atomic mass is 19.4. The largest absolute Gasteiger partial charge is 0.419 e. The maximum absolute atomic E-state index is 13.3. The highest BCUT2D eigenvalue weighted by molar-refractivity contribution is 5.27. The summed E-state index contributed by atoms with van der Waals surface area (Å²) >= 11 is 0. The van der Waals surface area contributed by atoms with E-state index in [1.807, 2.05) is 0 Å². The Balaban J connectivity index is 1.69. The Morgan fingerprint density at radius 3 is 2.55 bits per heavy atom. The van der Waals surface area contributed by atoms with Crippen molar-refractivity contribution in [2.24, 2.45) is 5.41 Å². The molecule has 2 aliphatic rings. The number of nitrogens with zero attached hydrogens (tertiary/aromatic N) is 1. The molecular formula is C16H20F4N2. The van der Waals surface area contributed by atoms with Crippen LogP contribution < -0.4 is 5.32 Å². The van der Waals surface area contributed by atoms with E-state index in [4.69, 9.17) is 0 Å². The van der Waals surface area contributed by atoms with Gasteiger partial charge in [0.05, 0.1) is 5.56 Å². The van der Waals surface area contributed by atoms with Crippen LogP contribution in [0, 0.1) is 11.2 Å². The molecule has 0 bridgehead atoms. The molecule has 3 rings (SSSR count). The van der Waals surface area contributed by atoms with E-state index in [9.17, 15) is 17.6 Å². The predicted molar refractivity (Wildman–Crippen MR) is 75.8 cm³/mol. The summed E-state index contributed by atoms with van der Waals surface area (Å²) < 4.78 is 51.6. The molecule has 6 heteroatoms. The van der Waals surface area contributed by atoms with Gasteiger partial charge in [-0.15, -0.1) is 0 Å². The molecule has 0 radical (unpaired) electrons. The van der Waals surface area contributed by atoms with Crippen LogP contribution in [-0.4, -0.2) is 31.1 Å². The highest BCUT2D eigenvalue weighted by Gasteiger charge is 2.39. The average Bonchev–Trinajstić information content (AvgIpc) is 2.83. The number of alkyl halides is 3. The van der Waals surface area contributed by atoms with E-state index >= 15 is 0 Å². The molecule has 0 amide bonds. The Morgan fingerprint density at radius 2 is 1.86 bits per heavy atom. The van der Waals surface area contributed by atoms with E-state index in [-0.39, 0.29) is 0 Å². The molecule has 1 spiro atoms. The highest BCUT2D eigenvalue weighted by Crippen LogP contribution is 2.39. The lowest BCUT2D eigenvalue weighted by molar-refractivity contribution is -0.140. The van der Waals surface area contributed by atoms with Crippen molar-refractivity contribution in [3.8, 4) is 0 Å². The van der Waals surface area contributed by atoms with Crippen LogP contribution >= 0.6 is 0 Å². The van der Waals surface area contributed by atoms with Crippen molar-refractivity contribution >= 4 is 0 Å². The summed E-state index contributed by atoms with van der Waals surface area (Å²) in [6, 6.07) is 3.33. The van der Waals surface area contributed by atoms with Crippen molar-refractivity contribution < 1.29 is 17.6 Å². The summed E-state index contributed by atoms with van der Waals surface area (Å²) in [4.78, 5) is 2.19. The van der Waals surface area contributed by atoms with Gasteiger partial charge in [0, 0.05) is 13.1 Å². The molecule has 2 fully saturated rings. The number of rotatable bonds is 2. The molecule has 0 aromatic heterocycles. The third kappa shape index (κ3) is 3.27. The van der Waals surface area contributed by atoms with Gasteiger partial charge in [-0.2, -0.15) is 13.2 Å². The van der Waals surface area contributed by atoms with Gasteiger partial charge in [-0.3, -0.25) is 4.90 Å². The van der Waals surface area contributed by atoms with Gasteiger partial charge in [0.2, 0.25) is 0 Å². The second-order valence-corrected chi connectivity index (χ2v) is 6.52. The molecule has 0 unspecified atom stereocenters. The van der Waals surface area contributed by atoms with E-state index in [0.717, 1.165) is 57.6 Å². The summed E-state index contributed by atoms with van der Waals surface area (Å²) in [6.45, 7) is 4.32. The fourth-order valence-corrected chi connectivity index (χ4v) is 3.67. The maximum atomic E-state index is 13.3. The number of nitrogens with one attached hydrogen (secondary N) is 1. The molecule has 122 valence electrons. The summed E-state index contributed by atoms with van der Waals surface area (Å²) in [5.74, 6) is -1.20. The van der Waals surface area contributed by atoms with Crippen LogP contribution in [-0.2, 0) is 12.7 Å². The second kappa shape index (κ2) is 5.81. The van der Waals surface area contributed by atoms with Gasteiger partial charge in [0.15, 0.2) is 0 Å². The first-order chi connectivity index (χ1) is 10.4. The number of likely N-dealkylation sites (tertiary alicyclic amines) is 1. The van der Waals surface area contributed by atoms with Crippen LogP contribution in [0.4, 0.5) is 17.6 Å². The zero-order chi connectivity index (χ0) is 15.8. The second-order valence-electron chi connectivity index (χ2n) is 6.52. The van der Waals surface area contributed by atoms with Crippen LogP contribution in [0.2, 0.25) is 0 Å². The number of hydrogen-bond donors (Lipinski definition) is 1. The normalized spacial score (nSPS) is 22.4. The van der Waals surface area contributed by atoms with Crippen LogP contribution in [0.3, 0.4) is 0 Å². The minimum absolute atomic E-state index is 0.318. The Hall–Kier alpha value is -1.14. The molecule has 0 aliphatic carbocycles. The lowest BCUT2D eigenvalue weighted by Crippen LogP contribution is -2.38. The van der Waals surface area contributed by atoms with Crippen LogP contribution in [0.1, 0.15) is 30.4 Å². The first-order valence-electron chi connectivity index (χ1n) is 7.67. The van der Waals surface area contributed by atoms with Crippen molar-refractivity contribution in [1.29, 1.82) is 0 Å². The number of piperidine rings is 1. The van der Waals surface area contributed by atoms with Crippen molar-refractivity contribution in [1.82, 2.24) is 10.2 Å². The first-order valence-corrected chi connectivity index (χ1v) is 7.67. The van der Waals surface area contributed by atoms with E-state index in [1.54, 1.807) is 0 Å². The third-order valence-corrected chi connectivity index (χ3v) is 4.92. The monoisotopic (exact) mass is 316 g/mol. The minimum Gasteiger partial charge on any atom is -0.317 e. The van der Waals surface area contributed by atoms with Crippen molar-refractivity contribution in [3.05, 3.63) is 35.1 Å². The molecule has 1 N–H and O–H groups in total. The van der Waals surface area contributed by atoms with Gasteiger partial charge in [-0.1, -0.05) is 6.07 Å². The number of benzene rings is 1. The molecule has 1 aromatic rings. The zero-order valence-corrected chi connectivity index (χ0v) is 12.3.